The van der Waals surface area contributed by atoms with Crippen LogP contribution in [0.1, 0.15) is 12.8 Å². The van der Waals surface area contributed by atoms with Gasteiger partial charge in [-0.2, -0.15) is 0 Å². The van der Waals surface area contributed by atoms with Gasteiger partial charge in [-0.1, -0.05) is 6.07 Å². The van der Waals surface area contributed by atoms with Crippen LogP contribution < -0.4 is 10.2 Å². The summed E-state index contributed by atoms with van der Waals surface area (Å²) in [7, 11) is 0. The Balaban J connectivity index is 1.77. The Morgan fingerprint density at radius 3 is 2.68 bits per heavy atom. The summed E-state index contributed by atoms with van der Waals surface area (Å²) in [5.41, 5.74) is 1.36. The summed E-state index contributed by atoms with van der Waals surface area (Å²) < 4.78 is 0. The highest BCUT2D eigenvalue weighted by Crippen LogP contribution is 2.25. The lowest BCUT2D eigenvalue weighted by molar-refractivity contribution is -0.385. The fourth-order valence-electron chi connectivity index (χ4n) is 2.28. The molecule has 0 radical (unpaired) electrons. The number of aromatic nitrogens is 2. The Morgan fingerprint density at radius 1 is 1.27 bits per heavy atom. The minimum absolute atomic E-state index is 0.115. The molecule has 112 valence electrons. The predicted octanol–water partition coefficient (Wildman–Crippen LogP) is 2.26. The van der Waals surface area contributed by atoms with E-state index in [0.717, 1.165) is 31.0 Å². The average molecular weight is 299 g/mol. The number of nitrogens with zero attached hydrogens (tertiary/aromatic N) is 4. The van der Waals surface area contributed by atoms with Crippen molar-refractivity contribution < 1.29 is 9.72 Å². The molecule has 0 unspecified atom stereocenters. The third kappa shape index (κ3) is 2.85. The van der Waals surface area contributed by atoms with Gasteiger partial charge in [0, 0.05) is 24.3 Å². The van der Waals surface area contributed by atoms with Crippen LogP contribution in [0.5, 0.6) is 0 Å². The van der Waals surface area contributed by atoms with Crippen molar-refractivity contribution in [3.63, 3.8) is 0 Å². The number of benzene rings is 1. The first-order valence-electron chi connectivity index (χ1n) is 6.77. The van der Waals surface area contributed by atoms with Crippen molar-refractivity contribution in [2.75, 3.05) is 16.8 Å². The number of hydrogen-bond acceptors (Lipinski definition) is 6. The van der Waals surface area contributed by atoms with Gasteiger partial charge < -0.3 is 10.2 Å². The van der Waals surface area contributed by atoms with Crippen LogP contribution in [-0.2, 0) is 4.79 Å². The SMILES string of the molecule is O=C1CCCN1c1cccc(Nc2ncc([N+](=O)[O-])cn2)c1. The quantitative estimate of drug-likeness (QED) is 0.686. The smallest absolute Gasteiger partial charge is 0.305 e. The van der Waals surface area contributed by atoms with E-state index in [-0.39, 0.29) is 17.5 Å². The van der Waals surface area contributed by atoms with Gasteiger partial charge in [0.1, 0.15) is 12.4 Å². The molecule has 1 aliphatic rings. The zero-order valence-electron chi connectivity index (χ0n) is 11.6. The van der Waals surface area contributed by atoms with Gasteiger partial charge in [-0.05, 0) is 24.6 Å². The van der Waals surface area contributed by atoms with Gasteiger partial charge in [0.2, 0.25) is 11.9 Å². The highest BCUT2D eigenvalue weighted by molar-refractivity contribution is 5.95. The fraction of sp³-hybridized carbons (Fsp3) is 0.214. The summed E-state index contributed by atoms with van der Waals surface area (Å²) in [6.07, 6.45) is 3.72. The number of carbonyl (C=O) groups excluding carboxylic acids is 1. The van der Waals surface area contributed by atoms with Crippen molar-refractivity contribution in [2.24, 2.45) is 0 Å². The number of amides is 1. The highest BCUT2D eigenvalue weighted by atomic mass is 16.6. The van der Waals surface area contributed by atoms with Gasteiger partial charge in [0.25, 0.3) is 0 Å². The molecule has 0 bridgehead atoms. The second kappa shape index (κ2) is 5.76. The van der Waals surface area contributed by atoms with Gasteiger partial charge in [0.05, 0.1) is 4.92 Å². The van der Waals surface area contributed by atoms with Crippen LogP contribution in [-0.4, -0.2) is 27.3 Å². The summed E-state index contributed by atoms with van der Waals surface area (Å²) in [5, 5.41) is 13.5. The maximum Gasteiger partial charge on any atom is 0.305 e. The third-order valence-electron chi connectivity index (χ3n) is 3.34. The first-order valence-corrected chi connectivity index (χ1v) is 6.77. The molecule has 2 heterocycles. The normalized spacial score (nSPS) is 14.2. The molecule has 1 aliphatic heterocycles. The van der Waals surface area contributed by atoms with Crippen LogP contribution >= 0.6 is 0 Å². The van der Waals surface area contributed by atoms with E-state index >= 15 is 0 Å². The molecule has 1 N–H and O–H groups in total. The lowest BCUT2D eigenvalue weighted by Crippen LogP contribution is -2.23. The molecule has 1 aromatic heterocycles. The number of anilines is 3. The number of nitrogens with one attached hydrogen (secondary N) is 1. The van der Waals surface area contributed by atoms with E-state index in [1.165, 1.54) is 0 Å². The number of rotatable bonds is 4. The van der Waals surface area contributed by atoms with Gasteiger partial charge in [-0.3, -0.25) is 14.9 Å². The maximum atomic E-state index is 11.8. The standard InChI is InChI=1S/C14H13N5O3/c20-13-5-2-6-18(13)11-4-1-3-10(7-11)17-14-15-8-12(9-16-14)19(21)22/h1,3-4,7-9H,2,5-6H2,(H,15,16,17). The average Bonchev–Trinajstić information content (AvgIpc) is 2.94. The van der Waals surface area contributed by atoms with Crippen LogP contribution in [0.2, 0.25) is 0 Å². The van der Waals surface area contributed by atoms with Crippen molar-refractivity contribution in [1.29, 1.82) is 0 Å². The molecule has 0 spiro atoms. The Hall–Kier alpha value is -3.03. The molecule has 0 aliphatic carbocycles. The monoisotopic (exact) mass is 299 g/mol. The molecule has 22 heavy (non-hydrogen) atoms. The molecule has 0 saturated carbocycles. The molecular weight excluding hydrogens is 286 g/mol. The topological polar surface area (TPSA) is 101 Å². The van der Waals surface area contributed by atoms with Crippen molar-refractivity contribution in [1.82, 2.24) is 9.97 Å². The Labute approximate surface area is 126 Å². The summed E-state index contributed by atoms with van der Waals surface area (Å²) in [4.78, 5) is 31.3. The van der Waals surface area contributed by atoms with E-state index < -0.39 is 4.92 Å². The zero-order valence-corrected chi connectivity index (χ0v) is 11.6. The largest absolute Gasteiger partial charge is 0.324 e. The number of hydrogen-bond donors (Lipinski definition) is 1. The molecule has 1 amide bonds. The Kier molecular flexibility index (Phi) is 3.65. The van der Waals surface area contributed by atoms with E-state index in [1.54, 1.807) is 4.90 Å². The minimum atomic E-state index is -0.552. The molecular formula is C14H13N5O3. The molecule has 1 saturated heterocycles. The van der Waals surface area contributed by atoms with E-state index in [9.17, 15) is 14.9 Å². The lowest BCUT2D eigenvalue weighted by atomic mass is 10.2. The van der Waals surface area contributed by atoms with Crippen molar-refractivity contribution >= 4 is 28.9 Å². The first-order chi connectivity index (χ1) is 10.6. The molecule has 3 rings (SSSR count). The number of carbonyl (C=O) groups is 1. The van der Waals surface area contributed by atoms with Gasteiger partial charge in [-0.15, -0.1) is 0 Å². The van der Waals surface area contributed by atoms with E-state index in [1.807, 2.05) is 24.3 Å². The zero-order chi connectivity index (χ0) is 15.5. The molecule has 0 atom stereocenters. The summed E-state index contributed by atoms with van der Waals surface area (Å²) in [5.74, 6) is 0.374. The van der Waals surface area contributed by atoms with Crippen molar-refractivity contribution in [2.45, 2.75) is 12.8 Å². The van der Waals surface area contributed by atoms with Crippen LogP contribution in [0, 0.1) is 10.1 Å². The van der Waals surface area contributed by atoms with E-state index in [0.29, 0.717) is 12.1 Å². The first kappa shape index (κ1) is 13.9. The van der Waals surface area contributed by atoms with Crippen molar-refractivity contribution in [3.8, 4) is 0 Å². The number of nitro groups is 1. The van der Waals surface area contributed by atoms with Crippen LogP contribution in [0.15, 0.2) is 36.7 Å². The minimum Gasteiger partial charge on any atom is -0.324 e. The lowest BCUT2D eigenvalue weighted by Gasteiger charge is -2.16. The Bertz CT molecular complexity index is 717. The molecule has 2 aromatic rings. The summed E-state index contributed by atoms with van der Waals surface area (Å²) in [6, 6.07) is 7.34. The fourth-order valence-corrected chi connectivity index (χ4v) is 2.28. The third-order valence-corrected chi connectivity index (χ3v) is 3.34. The van der Waals surface area contributed by atoms with Crippen LogP contribution in [0.4, 0.5) is 23.0 Å². The molecule has 1 fully saturated rings. The molecule has 8 nitrogen and oxygen atoms in total. The molecule has 1 aromatic carbocycles. The molecule has 8 heteroatoms. The Morgan fingerprint density at radius 2 is 2.05 bits per heavy atom. The van der Waals surface area contributed by atoms with Gasteiger partial charge in [0.15, 0.2) is 0 Å². The van der Waals surface area contributed by atoms with Gasteiger partial charge in [-0.25, -0.2) is 9.97 Å². The summed E-state index contributed by atoms with van der Waals surface area (Å²) in [6.45, 7) is 0.719. The van der Waals surface area contributed by atoms with Gasteiger partial charge >= 0.3 is 5.69 Å². The van der Waals surface area contributed by atoms with Crippen LogP contribution in [0.25, 0.3) is 0 Å². The van der Waals surface area contributed by atoms with E-state index in [2.05, 4.69) is 15.3 Å². The van der Waals surface area contributed by atoms with Crippen LogP contribution in [0.3, 0.4) is 0 Å². The highest BCUT2D eigenvalue weighted by Gasteiger charge is 2.21. The van der Waals surface area contributed by atoms with E-state index in [4.69, 9.17) is 0 Å². The maximum absolute atomic E-state index is 11.8. The second-order valence-corrected chi connectivity index (χ2v) is 4.85. The summed E-state index contributed by atoms with van der Waals surface area (Å²) >= 11 is 0. The van der Waals surface area contributed by atoms with Crippen molar-refractivity contribution in [3.05, 3.63) is 46.8 Å². The predicted molar refractivity (Wildman–Crippen MR) is 80.0 cm³/mol. The second-order valence-electron chi connectivity index (χ2n) is 4.85.